The second-order valence-corrected chi connectivity index (χ2v) is 10.3. The van der Waals surface area contributed by atoms with E-state index >= 15 is 0 Å². The predicted octanol–water partition coefficient (Wildman–Crippen LogP) is 4.22. The number of carbonyl (C=O) groups is 2. The van der Waals surface area contributed by atoms with Crippen molar-refractivity contribution >= 4 is 11.6 Å². The smallest absolute Gasteiger partial charge is 0.173 e. The van der Waals surface area contributed by atoms with Crippen LogP contribution < -0.4 is 0 Å². The van der Waals surface area contributed by atoms with Crippen molar-refractivity contribution in [3.63, 3.8) is 0 Å². The number of aliphatic hydroxyl groups excluding tert-OH is 1. The maximum Gasteiger partial charge on any atom is 0.173 e. The molecule has 4 aliphatic rings. The highest BCUT2D eigenvalue weighted by Gasteiger charge is 2.62. The van der Waals surface area contributed by atoms with E-state index in [0.29, 0.717) is 30.4 Å². The summed E-state index contributed by atoms with van der Waals surface area (Å²) in [6.45, 7) is 10.1. The maximum atomic E-state index is 12.9. The summed E-state index contributed by atoms with van der Waals surface area (Å²) in [5, 5.41) is 11.3. The molecule has 1 N–H and O–H groups in total. The van der Waals surface area contributed by atoms with Crippen molar-refractivity contribution < 1.29 is 19.4 Å². The molecule has 3 fully saturated rings. The summed E-state index contributed by atoms with van der Waals surface area (Å²) < 4.78 is 5.43. The Morgan fingerprint density at radius 3 is 2.75 bits per heavy atom. The number of fused-ring (bicyclic) bond motifs is 5. The molecule has 0 unspecified atom stereocenters. The molecule has 0 aliphatic heterocycles. The summed E-state index contributed by atoms with van der Waals surface area (Å²) in [7, 11) is 0. The normalized spacial score (nSPS) is 44.8. The van der Waals surface area contributed by atoms with E-state index in [4.69, 9.17) is 4.74 Å². The lowest BCUT2D eigenvalue weighted by molar-refractivity contribution is -0.146. The molecule has 0 aromatic carbocycles. The fraction of sp³-hybridized carbons (Fsp3) is 0.750. The van der Waals surface area contributed by atoms with Crippen molar-refractivity contribution in [2.45, 2.75) is 71.8 Å². The van der Waals surface area contributed by atoms with Gasteiger partial charge in [-0.25, -0.2) is 0 Å². The minimum Gasteiger partial charge on any atom is -0.491 e. The van der Waals surface area contributed by atoms with E-state index in [2.05, 4.69) is 20.4 Å². The molecular formula is C24H34O4. The second kappa shape index (κ2) is 6.83. The Bertz CT molecular complexity index is 737. The lowest BCUT2D eigenvalue weighted by atomic mass is 9.46. The molecule has 0 saturated heterocycles. The molecule has 0 amide bonds. The minimum atomic E-state index is -0.413. The summed E-state index contributed by atoms with van der Waals surface area (Å²) >= 11 is 0. The van der Waals surface area contributed by atoms with Gasteiger partial charge in [0.15, 0.2) is 11.6 Å². The second-order valence-electron chi connectivity index (χ2n) is 10.3. The van der Waals surface area contributed by atoms with Crippen LogP contribution in [0.5, 0.6) is 0 Å². The highest BCUT2D eigenvalue weighted by Crippen LogP contribution is 2.66. The zero-order valence-corrected chi connectivity index (χ0v) is 17.5. The lowest BCUT2D eigenvalue weighted by Crippen LogP contribution is -2.57. The zero-order chi connectivity index (χ0) is 20.3. The molecule has 4 aliphatic carbocycles. The molecular weight excluding hydrogens is 352 g/mol. The van der Waals surface area contributed by atoms with Crippen LogP contribution in [0, 0.1) is 34.5 Å². The fourth-order valence-electron chi connectivity index (χ4n) is 7.51. The summed E-state index contributed by atoms with van der Waals surface area (Å²) in [6, 6.07) is 0. The number of allylic oxidation sites excluding steroid dienone is 2. The number of ketones is 2. The number of ether oxygens (including phenoxy) is 1. The van der Waals surface area contributed by atoms with E-state index in [1.165, 1.54) is 5.57 Å². The highest BCUT2D eigenvalue weighted by atomic mass is 16.5. The van der Waals surface area contributed by atoms with Crippen LogP contribution in [0.15, 0.2) is 24.0 Å². The third-order valence-corrected chi connectivity index (χ3v) is 8.74. The number of rotatable bonds is 4. The molecule has 0 spiro atoms. The quantitative estimate of drug-likeness (QED) is 0.735. The minimum absolute atomic E-state index is 0.0369. The molecule has 154 valence electrons. The molecule has 0 radical (unpaired) electrons. The van der Waals surface area contributed by atoms with Crippen molar-refractivity contribution in [3.05, 3.63) is 24.0 Å². The van der Waals surface area contributed by atoms with Gasteiger partial charge in [0.1, 0.15) is 6.61 Å². The van der Waals surface area contributed by atoms with Gasteiger partial charge >= 0.3 is 0 Å². The molecule has 3 saturated carbocycles. The maximum absolute atomic E-state index is 12.9. The van der Waals surface area contributed by atoms with Crippen LogP contribution in [-0.4, -0.2) is 29.4 Å². The molecule has 0 aromatic heterocycles. The largest absolute Gasteiger partial charge is 0.491 e. The van der Waals surface area contributed by atoms with Gasteiger partial charge in [-0.15, -0.1) is 0 Å². The Morgan fingerprint density at radius 2 is 2.04 bits per heavy atom. The number of carbonyl (C=O) groups excluding carboxylic acids is 2. The first-order valence-corrected chi connectivity index (χ1v) is 10.9. The molecule has 4 rings (SSSR count). The van der Waals surface area contributed by atoms with Crippen LogP contribution in [0.4, 0.5) is 0 Å². The molecule has 0 aromatic rings. The SMILES string of the molecule is C=C(C)OCC(=O)[C@H]1CC[C@H]2[C@@H]3CCC4=CC(=O)CC[C@]4(C)[C@H]3[C@@H](O)C[C@]12C. The van der Waals surface area contributed by atoms with Crippen molar-refractivity contribution in [1.82, 2.24) is 0 Å². The van der Waals surface area contributed by atoms with Crippen molar-refractivity contribution in [1.29, 1.82) is 0 Å². The summed E-state index contributed by atoms with van der Waals surface area (Å²) in [4.78, 5) is 24.9. The van der Waals surface area contributed by atoms with Crippen molar-refractivity contribution in [2.75, 3.05) is 6.61 Å². The van der Waals surface area contributed by atoms with Gasteiger partial charge in [0.2, 0.25) is 0 Å². The topological polar surface area (TPSA) is 63.6 Å². The molecule has 28 heavy (non-hydrogen) atoms. The van der Waals surface area contributed by atoms with Gasteiger partial charge in [-0.2, -0.15) is 0 Å². The van der Waals surface area contributed by atoms with Crippen LogP contribution in [0.2, 0.25) is 0 Å². The Labute approximate surface area is 168 Å². The molecule has 4 heteroatoms. The van der Waals surface area contributed by atoms with Gasteiger partial charge in [0, 0.05) is 12.3 Å². The standard InChI is InChI=1S/C24H34O4/c1-14(2)28-13-21(27)19-8-7-18-17-6-5-15-11-16(25)9-10-23(15,3)22(17)20(26)12-24(18,19)4/h11,17-20,22,26H,1,5-10,12-13H2,2-4H3/t17-,18-,19+,20-,22+,23-,24-/m0/s1. The van der Waals surface area contributed by atoms with E-state index in [-0.39, 0.29) is 40.8 Å². The Kier molecular flexibility index (Phi) is 4.85. The van der Waals surface area contributed by atoms with Crippen LogP contribution in [0.25, 0.3) is 0 Å². The Hall–Kier alpha value is -1.42. The van der Waals surface area contributed by atoms with E-state index in [0.717, 1.165) is 32.1 Å². The van der Waals surface area contributed by atoms with E-state index in [9.17, 15) is 14.7 Å². The summed E-state index contributed by atoms with van der Waals surface area (Å²) in [5.74, 6) is 2.04. The van der Waals surface area contributed by atoms with Crippen LogP contribution in [0.3, 0.4) is 0 Å². The van der Waals surface area contributed by atoms with Gasteiger partial charge in [0.25, 0.3) is 0 Å². The summed E-state index contributed by atoms with van der Waals surface area (Å²) in [6.07, 6.45) is 7.53. The van der Waals surface area contributed by atoms with Crippen molar-refractivity contribution in [3.8, 4) is 0 Å². The first kappa shape index (κ1) is 19.9. The van der Waals surface area contributed by atoms with E-state index in [1.807, 2.05) is 6.08 Å². The number of hydrogen-bond acceptors (Lipinski definition) is 4. The predicted molar refractivity (Wildman–Crippen MR) is 107 cm³/mol. The molecule has 0 bridgehead atoms. The average Bonchev–Trinajstić information content (AvgIpc) is 2.96. The summed E-state index contributed by atoms with van der Waals surface area (Å²) in [5.41, 5.74) is 1.04. The van der Waals surface area contributed by atoms with E-state index < -0.39 is 6.10 Å². The van der Waals surface area contributed by atoms with Crippen LogP contribution in [-0.2, 0) is 14.3 Å². The highest BCUT2D eigenvalue weighted by molar-refractivity contribution is 5.91. The number of Topliss-reactive ketones (excluding diaryl/α,β-unsaturated/α-hetero) is 1. The molecule has 4 nitrogen and oxygen atoms in total. The monoisotopic (exact) mass is 386 g/mol. The zero-order valence-electron chi connectivity index (χ0n) is 17.5. The van der Waals surface area contributed by atoms with Crippen LogP contribution >= 0.6 is 0 Å². The number of aliphatic hydroxyl groups is 1. The Morgan fingerprint density at radius 1 is 1.29 bits per heavy atom. The van der Waals surface area contributed by atoms with Gasteiger partial charge in [-0.3, -0.25) is 9.59 Å². The average molecular weight is 387 g/mol. The van der Waals surface area contributed by atoms with Crippen molar-refractivity contribution in [2.24, 2.45) is 34.5 Å². The van der Waals surface area contributed by atoms with Gasteiger partial charge in [-0.05, 0) is 80.1 Å². The fourth-order valence-corrected chi connectivity index (χ4v) is 7.51. The first-order valence-electron chi connectivity index (χ1n) is 10.9. The molecule has 0 heterocycles. The molecule has 7 atom stereocenters. The van der Waals surface area contributed by atoms with Gasteiger partial charge < -0.3 is 9.84 Å². The third-order valence-electron chi connectivity index (χ3n) is 8.74. The lowest BCUT2D eigenvalue weighted by Gasteiger charge is -2.59. The Balaban J connectivity index is 1.61. The van der Waals surface area contributed by atoms with Gasteiger partial charge in [0.05, 0.1) is 11.9 Å². The van der Waals surface area contributed by atoms with Crippen LogP contribution in [0.1, 0.15) is 65.7 Å². The van der Waals surface area contributed by atoms with Gasteiger partial charge in [-0.1, -0.05) is 26.0 Å². The van der Waals surface area contributed by atoms with E-state index in [1.54, 1.807) is 6.92 Å². The third kappa shape index (κ3) is 2.91. The number of hydrogen-bond donors (Lipinski definition) is 1. The first-order chi connectivity index (χ1) is 13.2.